The number of hydrogen-bond donors (Lipinski definition) is 1. The Morgan fingerprint density at radius 1 is 0.839 bits per heavy atom. The summed E-state index contributed by atoms with van der Waals surface area (Å²) in [5.74, 6) is 0.154. The molecule has 4 nitrogen and oxygen atoms in total. The van der Waals surface area contributed by atoms with Crippen LogP contribution in [0.5, 0.6) is 0 Å². The molecule has 1 heterocycles. The molecule has 4 heteroatoms. The van der Waals surface area contributed by atoms with Crippen LogP contribution in [-0.2, 0) is 19.4 Å². The van der Waals surface area contributed by atoms with E-state index in [9.17, 15) is 4.79 Å². The fraction of sp³-hybridized carbons (Fsp3) is 0.259. The highest BCUT2D eigenvalue weighted by molar-refractivity contribution is 5.95. The van der Waals surface area contributed by atoms with E-state index in [0.717, 1.165) is 56.7 Å². The van der Waals surface area contributed by atoms with Gasteiger partial charge in [-0.25, -0.2) is 0 Å². The predicted molar refractivity (Wildman–Crippen MR) is 122 cm³/mol. The normalized spacial score (nSPS) is 14.2. The van der Waals surface area contributed by atoms with E-state index in [-0.39, 0.29) is 5.91 Å². The zero-order valence-electron chi connectivity index (χ0n) is 17.8. The summed E-state index contributed by atoms with van der Waals surface area (Å²) in [5.41, 5.74) is 5.20. The molecule has 0 spiro atoms. The third-order valence-corrected chi connectivity index (χ3v) is 6.07. The Balaban J connectivity index is 1.34. The number of amides is 1. The topological polar surface area (TPSA) is 48.5 Å². The van der Waals surface area contributed by atoms with Crippen molar-refractivity contribution in [2.75, 3.05) is 26.2 Å². The van der Waals surface area contributed by atoms with Gasteiger partial charge in [-0.3, -0.25) is 4.79 Å². The van der Waals surface area contributed by atoms with Crippen molar-refractivity contribution in [3.63, 3.8) is 0 Å². The van der Waals surface area contributed by atoms with Crippen molar-refractivity contribution in [3.05, 3.63) is 107 Å². The van der Waals surface area contributed by atoms with Crippen molar-refractivity contribution in [1.82, 2.24) is 4.90 Å². The highest BCUT2D eigenvalue weighted by atomic mass is 16.2. The van der Waals surface area contributed by atoms with Gasteiger partial charge in [0.1, 0.15) is 6.54 Å². The molecule has 0 radical (unpaired) electrons. The Labute approximate surface area is 184 Å². The third kappa shape index (κ3) is 5.39. The summed E-state index contributed by atoms with van der Waals surface area (Å²) in [7, 11) is 0. The number of carbonyl (C=O) groups excluding carboxylic acids is 1. The molecular formula is C27H28N3O+. The molecule has 1 saturated heterocycles. The van der Waals surface area contributed by atoms with Crippen molar-refractivity contribution in [2.45, 2.75) is 19.4 Å². The second-order valence-electron chi connectivity index (χ2n) is 8.17. The van der Waals surface area contributed by atoms with Crippen LogP contribution in [0, 0.1) is 11.3 Å². The van der Waals surface area contributed by atoms with Gasteiger partial charge in [-0.2, -0.15) is 5.26 Å². The van der Waals surface area contributed by atoms with Crippen LogP contribution in [0.1, 0.15) is 32.6 Å². The summed E-state index contributed by atoms with van der Waals surface area (Å²) in [5, 5.41) is 8.94. The first-order valence-electron chi connectivity index (χ1n) is 11.0. The summed E-state index contributed by atoms with van der Waals surface area (Å²) in [6.07, 6.45) is 1.81. The second kappa shape index (κ2) is 10.1. The zero-order valence-corrected chi connectivity index (χ0v) is 17.8. The smallest absolute Gasteiger partial charge is 0.254 e. The van der Waals surface area contributed by atoms with E-state index in [1.54, 1.807) is 0 Å². The summed E-state index contributed by atoms with van der Waals surface area (Å²) in [6.45, 7) is 4.37. The van der Waals surface area contributed by atoms with Gasteiger partial charge in [0.25, 0.3) is 5.91 Å². The van der Waals surface area contributed by atoms with E-state index in [1.807, 2.05) is 53.4 Å². The van der Waals surface area contributed by atoms with Crippen LogP contribution < -0.4 is 4.90 Å². The molecule has 1 aliphatic heterocycles. The van der Waals surface area contributed by atoms with Gasteiger partial charge in [-0.1, -0.05) is 60.7 Å². The summed E-state index contributed by atoms with van der Waals surface area (Å²) in [4.78, 5) is 16.7. The monoisotopic (exact) mass is 410 g/mol. The first-order valence-corrected chi connectivity index (χ1v) is 11.0. The average Bonchev–Trinajstić information content (AvgIpc) is 2.84. The van der Waals surface area contributed by atoms with Crippen molar-refractivity contribution < 1.29 is 9.69 Å². The van der Waals surface area contributed by atoms with Gasteiger partial charge in [0.05, 0.1) is 37.8 Å². The van der Waals surface area contributed by atoms with Crippen molar-refractivity contribution in [1.29, 1.82) is 5.26 Å². The van der Waals surface area contributed by atoms with Crippen molar-refractivity contribution in [3.8, 4) is 6.07 Å². The fourth-order valence-electron chi connectivity index (χ4n) is 4.23. The number of quaternary nitrogens is 1. The van der Waals surface area contributed by atoms with E-state index in [0.29, 0.717) is 5.56 Å². The number of nitriles is 1. The largest absolute Gasteiger partial charge is 0.328 e. The number of rotatable bonds is 6. The van der Waals surface area contributed by atoms with Crippen LogP contribution in [0.3, 0.4) is 0 Å². The summed E-state index contributed by atoms with van der Waals surface area (Å²) in [6, 6.07) is 28.5. The molecular weight excluding hydrogens is 382 g/mol. The van der Waals surface area contributed by atoms with Gasteiger partial charge >= 0.3 is 0 Å². The molecule has 31 heavy (non-hydrogen) atoms. The van der Waals surface area contributed by atoms with Gasteiger partial charge in [0.2, 0.25) is 0 Å². The Morgan fingerprint density at radius 3 is 2.23 bits per heavy atom. The minimum Gasteiger partial charge on any atom is -0.328 e. The molecule has 1 aliphatic rings. The molecule has 3 aromatic rings. The maximum Gasteiger partial charge on any atom is 0.254 e. The Morgan fingerprint density at radius 2 is 1.52 bits per heavy atom. The van der Waals surface area contributed by atoms with Gasteiger partial charge in [-0.05, 0) is 42.2 Å². The highest BCUT2D eigenvalue weighted by Crippen LogP contribution is 2.15. The molecule has 0 aliphatic carbocycles. The molecule has 1 fully saturated rings. The number of aryl methyl sites for hydroxylation is 2. The van der Waals surface area contributed by atoms with E-state index in [4.69, 9.17) is 5.26 Å². The number of carbonyl (C=O) groups is 1. The minimum atomic E-state index is 0.154. The Bertz CT molecular complexity index is 1050. The summed E-state index contributed by atoms with van der Waals surface area (Å²) >= 11 is 0. The van der Waals surface area contributed by atoms with Crippen LogP contribution in [-0.4, -0.2) is 37.0 Å². The quantitative estimate of drug-likeness (QED) is 0.679. The second-order valence-corrected chi connectivity index (χ2v) is 8.17. The average molecular weight is 411 g/mol. The Hall–Kier alpha value is -3.42. The van der Waals surface area contributed by atoms with Crippen molar-refractivity contribution >= 4 is 5.91 Å². The predicted octanol–water partition coefficient (Wildman–Crippen LogP) is 2.88. The lowest BCUT2D eigenvalue weighted by molar-refractivity contribution is -0.917. The molecule has 0 saturated carbocycles. The number of nitrogens with one attached hydrogen (secondary N) is 1. The fourth-order valence-corrected chi connectivity index (χ4v) is 4.23. The molecule has 0 bridgehead atoms. The van der Waals surface area contributed by atoms with Gasteiger partial charge in [-0.15, -0.1) is 0 Å². The third-order valence-electron chi connectivity index (χ3n) is 6.07. The number of hydrogen-bond acceptors (Lipinski definition) is 2. The lowest BCUT2D eigenvalue weighted by atomic mass is 9.99. The lowest BCUT2D eigenvalue weighted by Crippen LogP contribution is -3.13. The Kier molecular flexibility index (Phi) is 6.76. The minimum absolute atomic E-state index is 0.154. The van der Waals surface area contributed by atoms with Crippen LogP contribution in [0.4, 0.5) is 0 Å². The number of nitrogens with zero attached hydrogens (tertiary/aromatic N) is 2. The number of piperazine rings is 1. The molecule has 1 N–H and O–H groups in total. The van der Waals surface area contributed by atoms with Crippen LogP contribution in [0.2, 0.25) is 0 Å². The van der Waals surface area contributed by atoms with E-state index < -0.39 is 0 Å². The van der Waals surface area contributed by atoms with Crippen LogP contribution in [0.15, 0.2) is 78.9 Å². The lowest BCUT2D eigenvalue weighted by Gasteiger charge is -2.32. The SMILES string of the molecule is N#Cc1ccc(C[NH+]2CCN(C(=O)c3ccccc3CCc3ccccc3)CC2)cc1. The molecule has 3 aromatic carbocycles. The van der Waals surface area contributed by atoms with E-state index >= 15 is 0 Å². The standard InChI is InChI=1S/C27H27N3O/c28-20-23-10-12-24(13-11-23)21-29-16-18-30(19-17-29)27(31)26-9-5-4-8-25(26)15-14-22-6-2-1-3-7-22/h1-13H,14-19,21H2/p+1. The van der Waals surface area contributed by atoms with Gasteiger partial charge in [0.15, 0.2) is 0 Å². The molecule has 4 rings (SSSR count). The molecule has 1 amide bonds. The van der Waals surface area contributed by atoms with E-state index in [2.05, 4.69) is 36.4 Å². The molecule has 0 aromatic heterocycles. The van der Waals surface area contributed by atoms with Crippen molar-refractivity contribution in [2.24, 2.45) is 0 Å². The number of benzene rings is 3. The maximum atomic E-state index is 13.3. The summed E-state index contributed by atoms with van der Waals surface area (Å²) < 4.78 is 0. The molecule has 0 atom stereocenters. The molecule has 0 unspecified atom stereocenters. The first-order chi connectivity index (χ1) is 15.2. The first kappa shape index (κ1) is 20.8. The van der Waals surface area contributed by atoms with Crippen LogP contribution >= 0.6 is 0 Å². The van der Waals surface area contributed by atoms with Gasteiger partial charge < -0.3 is 9.80 Å². The van der Waals surface area contributed by atoms with E-state index in [1.165, 1.54) is 16.0 Å². The van der Waals surface area contributed by atoms with Gasteiger partial charge in [0, 0.05) is 11.1 Å². The maximum absolute atomic E-state index is 13.3. The molecule has 156 valence electrons. The highest BCUT2D eigenvalue weighted by Gasteiger charge is 2.25. The zero-order chi connectivity index (χ0) is 21.5. The van der Waals surface area contributed by atoms with Crippen LogP contribution in [0.25, 0.3) is 0 Å².